The first-order valence-corrected chi connectivity index (χ1v) is 11.9. The zero-order valence-electron chi connectivity index (χ0n) is 19.0. The molecular formula is C24H19Cl3F6N2O2. The van der Waals surface area contributed by atoms with Crippen molar-refractivity contribution in [1.82, 2.24) is 10.6 Å². The first kappa shape index (κ1) is 29.1. The third-order valence-electron chi connectivity index (χ3n) is 5.67. The highest BCUT2D eigenvalue weighted by Gasteiger charge is 2.51. The van der Waals surface area contributed by atoms with Crippen molar-refractivity contribution in [1.29, 1.82) is 0 Å². The van der Waals surface area contributed by atoms with E-state index in [0.29, 0.717) is 12.1 Å². The molecule has 2 aromatic rings. The molecule has 4 nitrogen and oxygen atoms in total. The number of allylic oxidation sites excluding steroid dienone is 1. The number of amides is 2. The van der Waals surface area contributed by atoms with Gasteiger partial charge in [-0.15, -0.1) is 0 Å². The quantitative estimate of drug-likeness (QED) is 0.262. The summed E-state index contributed by atoms with van der Waals surface area (Å²) < 4.78 is 82.6. The van der Waals surface area contributed by atoms with Gasteiger partial charge in [-0.05, 0) is 55.2 Å². The summed E-state index contributed by atoms with van der Waals surface area (Å²) in [6, 6.07) is 4.42. The molecule has 2 aromatic carbocycles. The van der Waals surface area contributed by atoms with Crippen LogP contribution < -0.4 is 10.6 Å². The second kappa shape index (κ2) is 10.7. The predicted molar refractivity (Wildman–Crippen MR) is 129 cm³/mol. The average molecular weight is 588 g/mol. The molecular weight excluding hydrogens is 569 g/mol. The van der Waals surface area contributed by atoms with Gasteiger partial charge in [0.25, 0.3) is 5.91 Å². The molecule has 0 radical (unpaired) electrons. The van der Waals surface area contributed by atoms with Crippen LogP contribution in [-0.2, 0) is 11.0 Å². The molecule has 1 unspecified atom stereocenters. The highest BCUT2D eigenvalue weighted by molar-refractivity contribution is 6.48. The minimum atomic E-state index is -5.00. The Balaban J connectivity index is 1.95. The van der Waals surface area contributed by atoms with Gasteiger partial charge in [-0.25, -0.2) is 0 Å². The van der Waals surface area contributed by atoms with Crippen LogP contribution in [0.1, 0.15) is 52.7 Å². The first-order chi connectivity index (χ1) is 17.1. The van der Waals surface area contributed by atoms with Gasteiger partial charge in [0.05, 0.1) is 32.1 Å². The van der Waals surface area contributed by atoms with Crippen LogP contribution in [0.3, 0.4) is 0 Å². The van der Waals surface area contributed by atoms with E-state index in [1.807, 2.05) is 0 Å². The van der Waals surface area contributed by atoms with Gasteiger partial charge in [-0.1, -0.05) is 53.0 Å². The van der Waals surface area contributed by atoms with Crippen molar-refractivity contribution < 1.29 is 35.9 Å². The highest BCUT2D eigenvalue weighted by atomic mass is 35.5. The largest absolute Gasteiger partial charge is 0.417 e. The molecule has 2 amide bonds. The van der Waals surface area contributed by atoms with Crippen molar-refractivity contribution in [2.24, 2.45) is 0 Å². The Hall–Kier alpha value is -2.43. The van der Waals surface area contributed by atoms with Crippen molar-refractivity contribution in [3.8, 4) is 0 Å². The summed E-state index contributed by atoms with van der Waals surface area (Å²) in [5.74, 6) is -3.88. The minimum absolute atomic E-state index is 0.138. The lowest BCUT2D eigenvalue weighted by Gasteiger charge is -2.20. The van der Waals surface area contributed by atoms with Gasteiger partial charge in [0, 0.05) is 6.54 Å². The van der Waals surface area contributed by atoms with Crippen LogP contribution in [0.25, 0.3) is 6.08 Å². The summed E-state index contributed by atoms with van der Waals surface area (Å²) in [6.45, 7) is 1.93. The number of carbonyl (C=O) groups excluding carboxylic acids is 2. The Morgan fingerprint density at radius 3 is 2.11 bits per heavy atom. The number of halogens is 9. The molecule has 0 aliphatic heterocycles. The molecule has 0 aromatic heterocycles. The van der Waals surface area contributed by atoms with Crippen LogP contribution in [-0.4, -0.2) is 30.1 Å². The summed E-state index contributed by atoms with van der Waals surface area (Å²) in [7, 11) is 0. The number of benzene rings is 2. The van der Waals surface area contributed by atoms with Gasteiger partial charge in [0.15, 0.2) is 0 Å². The summed E-state index contributed by atoms with van der Waals surface area (Å²) in [4.78, 5) is 24.8. The first-order valence-electron chi connectivity index (χ1n) is 10.8. The number of rotatable bonds is 7. The van der Waals surface area contributed by atoms with Crippen LogP contribution in [0.2, 0.25) is 15.1 Å². The molecule has 1 atom stereocenters. The summed E-state index contributed by atoms with van der Waals surface area (Å²) in [5, 5.41) is 4.30. The van der Waals surface area contributed by atoms with Gasteiger partial charge >= 0.3 is 12.4 Å². The lowest BCUT2D eigenvalue weighted by molar-refractivity contribution is -0.139. The van der Waals surface area contributed by atoms with E-state index >= 15 is 0 Å². The van der Waals surface area contributed by atoms with Crippen LogP contribution in [0.5, 0.6) is 0 Å². The molecule has 1 aliphatic rings. The molecule has 1 fully saturated rings. The van der Waals surface area contributed by atoms with E-state index in [0.717, 1.165) is 30.3 Å². The average Bonchev–Trinajstić information content (AvgIpc) is 3.56. The van der Waals surface area contributed by atoms with E-state index in [4.69, 9.17) is 34.8 Å². The van der Waals surface area contributed by atoms with E-state index in [1.165, 1.54) is 0 Å². The minimum Gasteiger partial charge on any atom is -0.354 e. The number of alkyl halides is 6. The summed E-state index contributed by atoms with van der Waals surface area (Å²) >= 11 is 17.5. The van der Waals surface area contributed by atoms with E-state index in [1.54, 1.807) is 6.92 Å². The maximum atomic E-state index is 13.8. The standard InChI is InChI=1S/C24H19Cl3F6N2O2/c1-2-34-21(37)22(7-8-22)35-20(36)14-5-3-12(9-16(14)24(31,32)33)4-6-15(23(28,29)30)13-10-17(25)19(27)18(26)11-13/h3-6,9-11,15H,2,7-8H2,1H3,(H,34,37)(H,35,36)/b6-4+. The van der Waals surface area contributed by atoms with Gasteiger partial charge in [-0.3, -0.25) is 9.59 Å². The number of nitrogens with one attached hydrogen (secondary N) is 2. The lowest BCUT2D eigenvalue weighted by Crippen LogP contribution is -2.49. The molecule has 0 bridgehead atoms. The summed E-state index contributed by atoms with van der Waals surface area (Å²) in [6.07, 6.45) is -7.79. The molecule has 3 rings (SSSR count). The molecule has 0 heterocycles. The maximum Gasteiger partial charge on any atom is 0.417 e. The van der Waals surface area contributed by atoms with Crippen molar-refractivity contribution in [3.05, 3.63) is 73.7 Å². The van der Waals surface area contributed by atoms with E-state index < -0.39 is 46.8 Å². The van der Waals surface area contributed by atoms with Crippen LogP contribution in [0.4, 0.5) is 26.3 Å². The van der Waals surface area contributed by atoms with Crippen molar-refractivity contribution >= 4 is 52.7 Å². The SMILES string of the molecule is CCNC(=O)C1(NC(=O)c2ccc(/C=C/C(c3cc(Cl)c(Cl)c(Cl)c3)C(F)(F)F)cc2C(F)(F)F)CC1. The van der Waals surface area contributed by atoms with Crippen molar-refractivity contribution in [3.63, 3.8) is 0 Å². The van der Waals surface area contributed by atoms with Crippen LogP contribution >= 0.6 is 34.8 Å². The molecule has 200 valence electrons. The fraction of sp³-hybridized carbons (Fsp3) is 0.333. The zero-order valence-corrected chi connectivity index (χ0v) is 21.2. The molecule has 1 aliphatic carbocycles. The predicted octanol–water partition coefficient (Wildman–Crippen LogP) is 7.42. The van der Waals surface area contributed by atoms with Gasteiger partial charge in [0.1, 0.15) is 5.54 Å². The zero-order chi connectivity index (χ0) is 27.8. The van der Waals surface area contributed by atoms with E-state index in [-0.39, 0.29) is 45.6 Å². The lowest BCUT2D eigenvalue weighted by atomic mass is 9.96. The Morgan fingerprint density at radius 1 is 1.03 bits per heavy atom. The Kier molecular flexibility index (Phi) is 8.46. The van der Waals surface area contributed by atoms with Gasteiger partial charge in [0.2, 0.25) is 5.91 Å². The number of hydrogen-bond donors (Lipinski definition) is 2. The molecule has 0 spiro atoms. The smallest absolute Gasteiger partial charge is 0.354 e. The molecule has 13 heteroatoms. The third-order valence-corrected chi connectivity index (χ3v) is 6.86. The molecule has 37 heavy (non-hydrogen) atoms. The van der Waals surface area contributed by atoms with E-state index in [2.05, 4.69) is 10.6 Å². The normalized spacial score (nSPS) is 15.9. The molecule has 1 saturated carbocycles. The summed E-state index contributed by atoms with van der Waals surface area (Å²) in [5.41, 5.74) is -4.01. The fourth-order valence-electron chi connectivity index (χ4n) is 3.62. The maximum absolute atomic E-state index is 13.8. The number of likely N-dealkylation sites (N-methyl/N-ethyl adjacent to an activating group) is 1. The van der Waals surface area contributed by atoms with Crippen LogP contribution in [0, 0.1) is 0 Å². The highest BCUT2D eigenvalue weighted by Crippen LogP contribution is 2.42. The van der Waals surface area contributed by atoms with E-state index in [9.17, 15) is 35.9 Å². The number of hydrogen-bond acceptors (Lipinski definition) is 2. The topological polar surface area (TPSA) is 58.2 Å². The van der Waals surface area contributed by atoms with Crippen LogP contribution in [0.15, 0.2) is 36.4 Å². The molecule has 2 N–H and O–H groups in total. The molecule has 0 saturated heterocycles. The van der Waals surface area contributed by atoms with Gasteiger partial charge < -0.3 is 10.6 Å². The van der Waals surface area contributed by atoms with Gasteiger partial charge in [-0.2, -0.15) is 26.3 Å². The fourth-order valence-corrected chi connectivity index (χ4v) is 4.23. The van der Waals surface area contributed by atoms with Crippen molar-refractivity contribution in [2.75, 3.05) is 6.54 Å². The monoisotopic (exact) mass is 586 g/mol. The van der Waals surface area contributed by atoms with Crippen molar-refractivity contribution in [2.45, 2.75) is 43.6 Å². The Morgan fingerprint density at radius 2 is 1.62 bits per heavy atom. The Bertz CT molecular complexity index is 1220. The third kappa shape index (κ3) is 6.72. The number of carbonyl (C=O) groups is 2. The second-order valence-electron chi connectivity index (χ2n) is 8.38. The Labute approximate surface area is 222 Å². The second-order valence-corrected chi connectivity index (χ2v) is 9.57.